The van der Waals surface area contributed by atoms with E-state index in [-0.39, 0.29) is 12.4 Å². The molecule has 0 amide bonds. The van der Waals surface area contributed by atoms with Gasteiger partial charge in [0, 0.05) is 23.9 Å². The van der Waals surface area contributed by atoms with Crippen molar-refractivity contribution in [3.05, 3.63) is 45.4 Å². The van der Waals surface area contributed by atoms with E-state index in [9.17, 15) is 10.2 Å². The second-order valence-electron chi connectivity index (χ2n) is 4.54. The number of nitrogens with one attached hydrogen (secondary N) is 1. The molecule has 0 aliphatic rings. The maximum Gasteiger partial charge on any atom is 0.142 e. The molecule has 0 atom stereocenters. The minimum absolute atomic E-state index is 0.117. The molecule has 2 aromatic rings. The van der Waals surface area contributed by atoms with E-state index in [1.807, 2.05) is 13.0 Å². The van der Waals surface area contributed by atoms with Gasteiger partial charge in [-0.2, -0.15) is 0 Å². The number of halogens is 1. The van der Waals surface area contributed by atoms with Crippen LogP contribution in [0.3, 0.4) is 0 Å². The number of aryl methyl sites for hydroxylation is 2. The van der Waals surface area contributed by atoms with Gasteiger partial charge in [-0.15, -0.1) is 0 Å². The van der Waals surface area contributed by atoms with Crippen molar-refractivity contribution in [3.63, 3.8) is 0 Å². The van der Waals surface area contributed by atoms with Crippen molar-refractivity contribution < 1.29 is 10.2 Å². The number of hydrogen-bond acceptors (Lipinski definition) is 5. The highest BCUT2D eigenvalue weighted by atomic mass is 79.9. The van der Waals surface area contributed by atoms with Gasteiger partial charge >= 0.3 is 0 Å². The molecule has 0 aliphatic heterocycles. The Morgan fingerprint density at radius 1 is 1.25 bits per heavy atom. The Bertz CT molecular complexity index is 632. The predicted octanol–water partition coefficient (Wildman–Crippen LogP) is 2.67. The summed E-state index contributed by atoms with van der Waals surface area (Å²) in [6, 6.07) is 1.96. The average molecular weight is 338 g/mol. The average Bonchev–Trinajstić information content (AvgIpc) is 2.44. The highest BCUT2D eigenvalue weighted by Crippen LogP contribution is 2.25. The SMILES string of the molecule is Cc1cc(NCc2c(CO)cnc(C)c2O)cnc1Br. The van der Waals surface area contributed by atoms with E-state index in [1.165, 1.54) is 0 Å². The fraction of sp³-hybridized carbons (Fsp3) is 0.286. The van der Waals surface area contributed by atoms with Crippen molar-refractivity contribution in [1.29, 1.82) is 0 Å². The van der Waals surface area contributed by atoms with Gasteiger partial charge in [0.1, 0.15) is 10.4 Å². The van der Waals surface area contributed by atoms with E-state index in [2.05, 4.69) is 31.2 Å². The maximum absolute atomic E-state index is 10.0. The van der Waals surface area contributed by atoms with Crippen molar-refractivity contribution in [2.45, 2.75) is 27.0 Å². The van der Waals surface area contributed by atoms with Crippen LogP contribution in [-0.4, -0.2) is 20.2 Å². The zero-order valence-electron chi connectivity index (χ0n) is 11.3. The molecule has 3 N–H and O–H groups in total. The maximum atomic E-state index is 10.0. The molecule has 0 spiro atoms. The normalized spacial score (nSPS) is 10.6. The van der Waals surface area contributed by atoms with Crippen molar-refractivity contribution in [3.8, 4) is 5.75 Å². The first-order valence-electron chi connectivity index (χ1n) is 6.16. The van der Waals surface area contributed by atoms with Crippen LogP contribution in [-0.2, 0) is 13.2 Å². The molecule has 2 heterocycles. The minimum Gasteiger partial charge on any atom is -0.506 e. The molecule has 6 heteroatoms. The van der Waals surface area contributed by atoms with Gasteiger partial charge < -0.3 is 15.5 Å². The Hall–Kier alpha value is -1.66. The van der Waals surface area contributed by atoms with Gasteiger partial charge in [0.2, 0.25) is 0 Å². The van der Waals surface area contributed by atoms with Gasteiger partial charge in [-0.05, 0) is 41.4 Å². The van der Waals surface area contributed by atoms with E-state index in [0.29, 0.717) is 23.4 Å². The van der Waals surface area contributed by atoms with Gasteiger partial charge in [-0.25, -0.2) is 4.98 Å². The van der Waals surface area contributed by atoms with Crippen molar-refractivity contribution in [1.82, 2.24) is 9.97 Å². The Morgan fingerprint density at radius 3 is 2.65 bits per heavy atom. The highest BCUT2D eigenvalue weighted by molar-refractivity contribution is 9.10. The summed E-state index contributed by atoms with van der Waals surface area (Å²) in [4.78, 5) is 8.24. The van der Waals surface area contributed by atoms with E-state index >= 15 is 0 Å². The number of rotatable bonds is 4. The molecule has 2 rings (SSSR count). The summed E-state index contributed by atoms with van der Waals surface area (Å²) in [6.45, 7) is 3.92. The molecule has 0 saturated heterocycles. The molecule has 0 unspecified atom stereocenters. The molecular weight excluding hydrogens is 322 g/mol. The Balaban J connectivity index is 2.22. The molecule has 20 heavy (non-hydrogen) atoms. The monoisotopic (exact) mass is 337 g/mol. The third kappa shape index (κ3) is 3.08. The van der Waals surface area contributed by atoms with E-state index < -0.39 is 0 Å². The van der Waals surface area contributed by atoms with Crippen LogP contribution in [0.15, 0.2) is 23.1 Å². The number of aromatic hydroxyl groups is 1. The van der Waals surface area contributed by atoms with Crippen molar-refractivity contribution >= 4 is 21.6 Å². The largest absolute Gasteiger partial charge is 0.506 e. The summed E-state index contributed by atoms with van der Waals surface area (Å²) in [6.07, 6.45) is 3.29. The van der Waals surface area contributed by atoms with Crippen LogP contribution >= 0.6 is 15.9 Å². The Labute approximate surface area is 125 Å². The first kappa shape index (κ1) is 14.7. The predicted molar refractivity (Wildman–Crippen MR) is 80.6 cm³/mol. The van der Waals surface area contributed by atoms with Crippen LogP contribution in [0.25, 0.3) is 0 Å². The second kappa shape index (κ2) is 6.19. The first-order valence-corrected chi connectivity index (χ1v) is 6.95. The fourth-order valence-corrected chi connectivity index (χ4v) is 2.08. The number of nitrogens with zero attached hydrogens (tertiary/aromatic N) is 2. The van der Waals surface area contributed by atoms with Crippen LogP contribution in [0.2, 0.25) is 0 Å². The quantitative estimate of drug-likeness (QED) is 0.747. The highest BCUT2D eigenvalue weighted by Gasteiger charge is 2.11. The number of aliphatic hydroxyl groups is 1. The summed E-state index contributed by atoms with van der Waals surface area (Å²) >= 11 is 3.35. The minimum atomic E-state index is -0.157. The number of hydrogen-bond donors (Lipinski definition) is 3. The molecule has 0 aromatic carbocycles. The lowest BCUT2D eigenvalue weighted by Crippen LogP contribution is -2.06. The molecule has 0 aliphatic carbocycles. The van der Waals surface area contributed by atoms with E-state index in [0.717, 1.165) is 15.9 Å². The summed E-state index contributed by atoms with van der Waals surface area (Å²) in [5, 5.41) is 22.6. The summed E-state index contributed by atoms with van der Waals surface area (Å²) in [5.74, 6) is 0.117. The number of aliphatic hydroxyl groups excluding tert-OH is 1. The van der Waals surface area contributed by atoms with Gasteiger partial charge in [0.15, 0.2) is 0 Å². The van der Waals surface area contributed by atoms with E-state index in [1.54, 1.807) is 19.3 Å². The number of pyridine rings is 2. The summed E-state index contributed by atoms with van der Waals surface area (Å²) < 4.78 is 0.807. The topological polar surface area (TPSA) is 78.3 Å². The van der Waals surface area contributed by atoms with Gasteiger partial charge in [-0.1, -0.05) is 0 Å². The van der Waals surface area contributed by atoms with Crippen LogP contribution in [0.5, 0.6) is 5.75 Å². The molecule has 0 fully saturated rings. The third-order valence-electron chi connectivity index (χ3n) is 3.08. The van der Waals surface area contributed by atoms with Crippen LogP contribution in [0.4, 0.5) is 5.69 Å². The third-order valence-corrected chi connectivity index (χ3v) is 3.91. The van der Waals surface area contributed by atoms with Crippen LogP contribution in [0.1, 0.15) is 22.4 Å². The smallest absolute Gasteiger partial charge is 0.142 e. The first-order chi connectivity index (χ1) is 9.52. The zero-order valence-corrected chi connectivity index (χ0v) is 12.9. The Morgan fingerprint density at radius 2 is 2.00 bits per heavy atom. The van der Waals surface area contributed by atoms with E-state index in [4.69, 9.17) is 0 Å². The lowest BCUT2D eigenvalue weighted by molar-refractivity contribution is 0.279. The standard InChI is InChI=1S/C14H16BrN3O2/c1-8-3-11(5-18-14(8)15)17-6-12-10(7-19)4-16-9(2)13(12)20/h3-5,17,19-20H,6-7H2,1-2H3. The summed E-state index contributed by atoms with van der Waals surface area (Å²) in [7, 11) is 0. The lowest BCUT2D eigenvalue weighted by Gasteiger charge is -2.13. The van der Waals surface area contributed by atoms with Crippen LogP contribution in [0, 0.1) is 13.8 Å². The molecule has 2 aromatic heterocycles. The lowest BCUT2D eigenvalue weighted by atomic mass is 10.1. The molecule has 0 bridgehead atoms. The fourth-order valence-electron chi connectivity index (χ4n) is 1.86. The molecular formula is C14H16BrN3O2. The molecule has 0 saturated carbocycles. The van der Waals surface area contributed by atoms with Gasteiger partial charge in [-0.3, -0.25) is 4.98 Å². The zero-order chi connectivity index (χ0) is 14.7. The Kier molecular flexibility index (Phi) is 4.57. The van der Waals surface area contributed by atoms with Crippen molar-refractivity contribution in [2.75, 3.05) is 5.32 Å². The number of aromatic nitrogens is 2. The molecule has 5 nitrogen and oxygen atoms in total. The summed E-state index contributed by atoms with van der Waals surface area (Å²) in [5.41, 5.74) is 3.68. The van der Waals surface area contributed by atoms with Crippen molar-refractivity contribution in [2.24, 2.45) is 0 Å². The molecule has 0 radical (unpaired) electrons. The van der Waals surface area contributed by atoms with Gasteiger partial charge in [0.05, 0.1) is 24.2 Å². The second-order valence-corrected chi connectivity index (χ2v) is 5.29. The molecule has 106 valence electrons. The number of anilines is 1. The van der Waals surface area contributed by atoms with Crippen LogP contribution < -0.4 is 5.32 Å². The van der Waals surface area contributed by atoms with Gasteiger partial charge in [0.25, 0.3) is 0 Å².